The van der Waals surface area contributed by atoms with Crippen LogP contribution in [0, 0.1) is 5.92 Å². The molecule has 1 heterocycles. The van der Waals surface area contributed by atoms with Crippen molar-refractivity contribution in [3.05, 3.63) is 18.3 Å². The van der Waals surface area contributed by atoms with Gasteiger partial charge in [-0.2, -0.15) is 0 Å². The summed E-state index contributed by atoms with van der Waals surface area (Å²) in [6, 6.07) is 3.10. The highest BCUT2D eigenvalue weighted by atomic mass is 32.2. The molecule has 0 aliphatic rings. The summed E-state index contributed by atoms with van der Waals surface area (Å²) in [4.78, 5) is 4.20. The Morgan fingerprint density at radius 1 is 1.39 bits per heavy atom. The molecular weight excluding hydrogens is 250 g/mol. The minimum atomic E-state index is -3.53. The summed E-state index contributed by atoms with van der Waals surface area (Å²) >= 11 is 0. The van der Waals surface area contributed by atoms with E-state index >= 15 is 0 Å². The summed E-state index contributed by atoms with van der Waals surface area (Å²) in [7, 11) is -1.88. The van der Waals surface area contributed by atoms with Gasteiger partial charge in [-0.25, -0.2) is 18.1 Å². The van der Waals surface area contributed by atoms with Gasteiger partial charge >= 0.3 is 0 Å². The lowest BCUT2D eigenvalue weighted by molar-refractivity contribution is 0.437. The van der Waals surface area contributed by atoms with Crippen molar-refractivity contribution in [2.24, 2.45) is 5.92 Å². The first-order chi connectivity index (χ1) is 8.42. The summed E-state index contributed by atoms with van der Waals surface area (Å²) in [5.74, 6) is 0.614. The number of hydrogen-bond acceptors (Lipinski definition) is 4. The maximum atomic E-state index is 12.3. The molecule has 0 aliphatic carbocycles. The fourth-order valence-electron chi connectivity index (χ4n) is 1.75. The van der Waals surface area contributed by atoms with Crippen LogP contribution in [0.4, 0.5) is 5.82 Å². The predicted molar refractivity (Wildman–Crippen MR) is 73.0 cm³/mol. The number of nitrogens with zero attached hydrogens (tertiary/aromatic N) is 1. The van der Waals surface area contributed by atoms with E-state index in [1.165, 1.54) is 0 Å². The van der Waals surface area contributed by atoms with E-state index < -0.39 is 10.0 Å². The van der Waals surface area contributed by atoms with Crippen LogP contribution in [-0.4, -0.2) is 26.5 Å². The Labute approximate surface area is 109 Å². The highest BCUT2D eigenvalue weighted by Crippen LogP contribution is 2.19. The molecule has 1 unspecified atom stereocenters. The number of anilines is 1. The SMILES string of the molecule is CCC(NS(=O)(=O)c1cccnc1NC)C(C)C. The monoisotopic (exact) mass is 271 g/mol. The van der Waals surface area contributed by atoms with Crippen molar-refractivity contribution in [1.29, 1.82) is 0 Å². The summed E-state index contributed by atoms with van der Waals surface area (Å²) < 4.78 is 27.3. The molecule has 0 saturated heterocycles. The van der Waals surface area contributed by atoms with Gasteiger partial charge < -0.3 is 5.32 Å². The van der Waals surface area contributed by atoms with Crippen molar-refractivity contribution in [2.75, 3.05) is 12.4 Å². The van der Waals surface area contributed by atoms with Crippen molar-refractivity contribution in [2.45, 2.75) is 38.1 Å². The molecule has 0 fully saturated rings. The number of sulfonamides is 1. The quantitative estimate of drug-likeness (QED) is 0.828. The number of nitrogens with one attached hydrogen (secondary N) is 2. The Morgan fingerprint density at radius 2 is 2.06 bits per heavy atom. The van der Waals surface area contributed by atoms with E-state index in [0.29, 0.717) is 5.82 Å². The molecule has 0 radical (unpaired) electrons. The molecule has 1 rings (SSSR count). The van der Waals surface area contributed by atoms with E-state index in [9.17, 15) is 8.42 Å². The van der Waals surface area contributed by atoms with Gasteiger partial charge in [-0.1, -0.05) is 20.8 Å². The van der Waals surface area contributed by atoms with Crippen LogP contribution in [-0.2, 0) is 10.0 Å². The first kappa shape index (κ1) is 14.9. The summed E-state index contributed by atoms with van der Waals surface area (Å²) in [5.41, 5.74) is 0. The zero-order valence-electron chi connectivity index (χ0n) is 11.3. The number of rotatable bonds is 6. The van der Waals surface area contributed by atoms with Gasteiger partial charge in [-0.3, -0.25) is 0 Å². The third kappa shape index (κ3) is 3.43. The Kier molecular flexibility index (Phi) is 5.10. The first-order valence-electron chi connectivity index (χ1n) is 6.07. The molecule has 0 bridgehead atoms. The van der Waals surface area contributed by atoms with Crippen LogP contribution in [0.3, 0.4) is 0 Å². The zero-order chi connectivity index (χ0) is 13.8. The van der Waals surface area contributed by atoms with Gasteiger partial charge in [0, 0.05) is 19.3 Å². The Hall–Kier alpha value is -1.14. The fraction of sp³-hybridized carbons (Fsp3) is 0.583. The lowest BCUT2D eigenvalue weighted by atomic mass is 10.0. The topological polar surface area (TPSA) is 71.1 Å². The average molecular weight is 271 g/mol. The molecule has 0 aromatic carbocycles. The third-order valence-electron chi connectivity index (χ3n) is 2.85. The molecule has 0 spiro atoms. The molecule has 6 heteroatoms. The van der Waals surface area contributed by atoms with E-state index in [1.807, 2.05) is 20.8 Å². The minimum Gasteiger partial charge on any atom is -0.372 e. The van der Waals surface area contributed by atoms with Crippen molar-refractivity contribution >= 4 is 15.8 Å². The summed E-state index contributed by atoms with van der Waals surface area (Å²) in [6.07, 6.45) is 2.32. The van der Waals surface area contributed by atoms with Crippen LogP contribution >= 0.6 is 0 Å². The molecule has 1 aromatic rings. The minimum absolute atomic E-state index is 0.0695. The molecule has 0 amide bonds. The molecule has 0 saturated carbocycles. The highest BCUT2D eigenvalue weighted by molar-refractivity contribution is 7.89. The lowest BCUT2D eigenvalue weighted by Crippen LogP contribution is -2.38. The number of aromatic nitrogens is 1. The second kappa shape index (κ2) is 6.15. The molecule has 18 heavy (non-hydrogen) atoms. The molecule has 2 N–H and O–H groups in total. The largest absolute Gasteiger partial charge is 0.372 e. The van der Waals surface area contributed by atoms with E-state index in [1.54, 1.807) is 25.4 Å². The molecule has 5 nitrogen and oxygen atoms in total. The fourth-order valence-corrected chi connectivity index (χ4v) is 3.38. The Balaban J connectivity index is 3.06. The summed E-state index contributed by atoms with van der Waals surface area (Å²) in [5, 5.41) is 2.79. The number of hydrogen-bond donors (Lipinski definition) is 2. The van der Waals surface area contributed by atoms with Crippen molar-refractivity contribution in [1.82, 2.24) is 9.71 Å². The van der Waals surface area contributed by atoms with E-state index in [0.717, 1.165) is 6.42 Å². The van der Waals surface area contributed by atoms with Gasteiger partial charge in [-0.05, 0) is 24.5 Å². The lowest BCUT2D eigenvalue weighted by Gasteiger charge is -2.21. The first-order valence-corrected chi connectivity index (χ1v) is 7.55. The normalized spacial score (nSPS) is 13.6. The van der Waals surface area contributed by atoms with Gasteiger partial charge in [0.2, 0.25) is 10.0 Å². The maximum absolute atomic E-state index is 12.3. The zero-order valence-corrected chi connectivity index (χ0v) is 12.1. The molecular formula is C12H21N3O2S. The van der Waals surface area contributed by atoms with E-state index in [2.05, 4.69) is 15.0 Å². The molecule has 1 atom stereocenters. The molecule has 102 valence electrons. The second-order valence-corrected chi connectivity index (χ2v) is 6.16. The van der Waals surface area contributed by atoms with E-state index in [-0.39, 0.29) is 16.9 Å². The van der Waals surface area contributed by atoms with Crippen LogP contribution in [0.15, 0.2) is 23.2 Å². The molecule has 0 aliphatic heterocycles. The Morgan fingerprint density at radius 3 is 2.56 bits per heavy atom. The summed E-state index contributed by atoms with van der Waals surface area (Å²) in [6.45, 7) is 5.97. The Bertz CT molecular complexity index is 486. The van der Waals surface area contributed by atoms with Gasteiger partial charge in [-0.15, -0.1) is 0 Å². The van der Waals surface area contributed by atoms with Crippen LogP contribution in [0.25, 0.3) is 0 Å². The van der Waals surface area contributed by atoms with Crippen molar-refractivity contribution in [3.8, 4) is 0 Å². The average Bonchev–Trinajstić information content (AvgIpc) is 2.35. The van der Waals surface area contributed by atoms with Gasteiger partial charge in [0.25, 0.3) is 0 Å². The predicted octanol–water partition coefficient (Wildman–Crippen LogP) is 1.84. The highest BCUT2D eigenvalue weighted by Gasteiger charge is 2.23. The maximum Gasteiger partial charge on any atom is 0.244 e. The van der Waals surface area contributed by atoms with Crippen LogP contribution in [0.1, 0.15) is 27.2 Å². The third-order valence-corrected chi connectivity index (χ3v) is 4.37. The number of pyridine rings is 1. The van der Waals surface area contributed by atoms with Gasteiger partial charge in [0.15, 0.2) is 0 Å². The van der Waals surface area contributed by atoms with Crippen LogP contribution in [0.5, 0.6) is 0 Å². The van der Waals surface area contributed by atoms with Gasteiger partial charge in [0.05, 0.1) is 0 Å². The van der Waals surface area contributed by atoms with Crippen LogP contribution < -0.4 is 10.0 Å². The van der Waals surface area contributed by atoms with Gasteiger partial charge in [0.1, 0.15) is 10.7 Å². The molecule has 1 aromatic heterocycles. The van der Waals surface area contributed by atoms with Crippen molar-refractivity contribution < 1.29 is 8.42 Å². The second-order valence-electron chi connectivity index (χ2n) is 4.48. The van der Waals surface area contributed by atoms with Crippen molar-refractivity contribution in [3.63, 3.8) is 0 Å². The van der Waals surface area contributed by atoms with Crippen LogP contribution in [0.2, 0.25) is 0 Å². The van der Waals surface area contributed by atoms with E-state index in [4.69, 9.17) is 0 Å². The smallest absolute Gasteiger partial charge is 0.244 e. The standard InChI is InChI=1S/C12H21N3O2S/c1-5-10(9(2)3)15-18(16,17)11-7-6-8-14-12(11)13-4/h6-10,15H,5H2,1-4H3,(H,13,14).